The Labute approximate surface area is 155 Å². The van der Waals surface area contributed by atoms with Gasteiger partial charge in [-0.15, -0.1) is 0 Å². The molecule has 0 radical (unpaired) electrons. The number of aromatic nitrogens is 1. The Morgan fingerprint density at radius 3 is 2.70 bits per heavy atom. The summed E-state index contributed by atoms with van der Waals surface area (Å²) < 4.78 is 26.7. The molecule has 1 heterocycles. The SMILES string of the molecule is O=C(NC1CC1)c1cc(NCCc2ccc(F)cc2F)nc2ccccc12. The summed E-state index contributed by atoms with van der Waals surface area (Å²) in [6, 6.07) is 13.0. The van der Waals surface area contributed by atoms with Crippen LogP contribution < -0.4 is 10.6 Å². The zero-order valence-electron chi connectivity index (χ0n) is 14.6. The fourth-order valence-electron chi connectivity index (χ4n) is 2.99. The van der Waals surface area contributed by atoms with E-state index in [2.05, 4.69) is 15.6 Å². The summed E-state index contributed by atoms with van der Waals surface area (Å²) in [4.78, 5) is 17.1. The lowest BCUT2D eigenvalue weighted by Gasteiger charge is -2.12. The number of benzene rings is 2. The number of nitrogens with one attached hydrogen (secondary N) is 2. The highest BCUT2D eigenvalue weighted by Crippen LogP contribution is 2.24. The van der Waals surface area contributed by atoms with Gasteiger partial charge in [-0.25, -0.2) is 13.8 Å². The molecule has 1 saturated carbocycles. The van der Waals surface area contributed by atoms with E-state index in [9.17, 15) is 13.6 Å². The summed E-state index contributed by atoms with van der Waals surface area (Å²) in [5, 5.41) is 6.94. The van der Waals surface area contributed by atoms with E-state index < -0.39 is 11.6 Å². The molecular weight excluding hydrogens is 348 g/mol. The van der Waals surface area contributed by atoms with Crippen molar-refractivity contribution in [1.29, 1.82) is 0 Å². The molecule has 0 spiro atoms. The van der Waals surface area contributed by atoms with Crippen molar-refractivity contribution >= 4 is 22.6 Å². The number of nitrogens with zero attached hydrogens (tertiary/aromatic N) is 1. The fraction of sp³-hybridized carbons (Fsp3) is 0.238. The summed E-state index contributed by atoms with van der Waals surface area (Å²) in [7, 11) is 0. The first kappa shape index (κ1) is 17.4. The number of amides is 1. The quantitative estimate of drug-likeness (QED) is 0.691. The average molecular weight is 367 g/mol. The molecular formula is C21H19F2N3O. The number of anilines is 1. The molecule has 2 N–H and O–H groups in total. The normalized spacial score (nSPS) is 13.6. The molecule has 1 aliphatic carbocycles. The predicted octanol–water partition coefficient (Wildman–Crippen LogP) is 4.06. The number of para-hydroxylation sites is 1. The number of fused-ring (bicyclic) bond motifs is 1. The van der Waals surface area contributed by atoms with Crippen LogP contribution >= 0.6 is 0 Å². The van der Waals surface area contributed by atoms with E-state index in [0.717, 1.165) is 29.8 Å². The van der Waals surface area contributed by atoms with Crippen LogP contribution in [0.2, 0.25) is 0 Å². The predicted molar refractivity (Wildman–Crippen MR) is 101 cm³/mol. The summed E-state index contributed by atoms with van der Waals surface area (Å²) in [6.07, 6.45) is 2.41. The largest absolute Gasteiger partial charge is 0.370 e. The first-order valence-electron chi connectivity index (χ1n) is 8.98. The van der Waals surface area contributed by atoms with E-state index in [1.807, 2.05) is 24.3 Å². The zero-order valence-corrected chi connectivity index (χ0v) is 14.6. The molecule has 1 amide bonds. The summed E-state index contributed by atoms with van der Waals surface area (Å²) in [5.41, 5.74) is 1.72. The number of carbonyl (C=O) groups is 1. The standard InChI is InChI=1S/C21H19F2N3O/c22-14-6-5-13(18(23)11-14)9-10-24-20-12-17(21(27)25-15-7-8-15)16-3-1-2-4-19(16)26-20/h1-6,11-12,15H,7-10H2,(H,24,26)(H,25,27). The molecule has 1 fully saturated rings. The van der Waals surface area contributed by atoms with Gasteiger partial charge in [0.1, 0.15) is 17.5 Å². The summed E-state index contributed by atoms with van der Waals surface area (Å²) in [5.74, 6) is -0.708. The Balaban J connectivity index is 1.53. The summed E-state index contributed by atoms with van der Waals surface area (Å²) >= 11 is 0. The first-order chi connectivity index (χ1) is 13.1. The van der Waals surface area contributed by atoms with Crippen LogP contribution in [0.15, 0.2) is 48.5 Å². The molecule has 3 aromatic rings. The summed E-state index contributed by atoms with van der Waals surface area (Å²) in [6.45, 7) is 0.414. The minimum absolute atomic E-state index is 0.108. The number of hydrogen-bond acceptors (Lipinski definition) is 3. The lowest BCUT2D eigenvalue weighted by atomic mass is 10.1. The number of hydrogen-bond donors (Lipinski definition) is 2. The van der Waals surface area contributed by atoms with Crippen LogP contribution in [0.25, 0.3) is 10.9 Å². The molecule has 2 aromatic carbocycles. The van der Waals surface area contributed by atoms with Gasteiger partial charge in [0.05, 0.1) is 11.1 Å². The highest BCUT2D eigenvalue weighted by molar-refractivity contribution is 6.07. The lowest BCUT2D eigenvalue weighted by molar-refractivity contribution is 0.0952. The highest BCUT2D eigenvalue weighted by Gasteiger charge is 2.25. The smallest absolute Gasteiger partial charge is 0.252 e. The maximum absolute atomic E-state index is 13.7. The van der Waals surface area contributed by atoms with Crippen LogP contribution in [0.5, 0.6) is 0 Å². The van der Waals surface area contributed by atoms with E-state index in [-0.39, 0.29) is 11.9 Å². The number of halogens is 2. The van der Waals surface area contributed by atoms with Crippen molar-refractivity contribution in [2.24, 2.45) is 0 Å². The highest BCUT2D eigenvalue weighted by atomic mass is 19.1. The van der Waals surface area contributed by atoms with Gasteiger partial charge in [0.2, 0.25) is 0 Å². The van der Waals surface area contributed by atoms with Gasteiger partial charge in [0.25, 0.3) is 5.91 Å². The molecule has 0 atom stereocenters. The van der Waals surface area contributed by atoms with Crippen LogP contribution in [0.4, 0.5) is 14.6 Å². The van der Waals surface area contributed by atoms with Crippen molar-refractivity contribution in [2.75, 3.05) is 11.9 Å². The number of carbonyl (C=O) groups excluding carboxylic acids is 1. The Kier molecular flexibility index (Phi) is 4.71. The molecule has 1 aliphatic rings. The van der Waals surface area contributed by atoms with Gasteiger partial charge in [-0.2, -0.15) is 0 Å². The average Bonchev–Trinajstić information content (AvgIpc) is 3.47. The van der Waals surface area contributed by atoms with Crippen molar-refractivity contribution in [1.82, 2.24) is 10.3 Å². The van der Waals surface area contributed by atoms with Crippen molar-refractivity contribution in [3.05, 3.63) is 71.3 Å². The molecule has 0 saturated heterocycles. The Bertz CT molecular complexity index is 1000. The van der Waals surface area contributed by atoms with Gasteiger partial charge in [-0.3, -0.25) is 4.79 Å². The van der Waals surface area contributed by atoms with Crippen LogP contribution in [-0.2, 0) is 6.42 Å². The maximum atomic E-state index is 13.7. The molecule has 1 aromatic heterocycles. The van der Waals surface area contributed by atoms with Crippen molar-refractivity contribution < 1.29 is 13.6 Å². The molecule has 4 nitrogen and oxygen atoms in total. The van der Waals surface area contributed by atoms with Crippen LogP contribution in [-0.4, -0.2) is 23.5 Å². The van der Waals surface area contributed by atoms with E-state index in [1.165, 1.54) is 12.1 Å². The second kappa shape index (κ2) is 7.31. The number of rotatable bonds is 6. The second-order valence-corrected chi connectivity index (χ2v) is 6.73. The minimum atomic E-state index is -0.591. The number of pyridine rings is 1. The lowest BCUT2D eigenvalue weighted by Crippen LogP contribution is -2.25. The maximum Gasteiger partial charge on any atom is 0.252 e. The van der Waals surface area contributed by atoms with Gasteiger partial charge < -0.3 is 10.6 Å². The molecule has 138 valence electrons. The second-order valence-electron chi connectivity index (χ2n) is 6.73. The van der Waals surface area contributed by atoms with Crippen molar-refractivity contribution in [2.45, 2.75) is 25.3 Å². The van der Waals surface area contributed by atoms with Gasteiger partial charge in [-0.05, 0) is 43.0 Å². The molecule has 6 heteroatoms. The third-order valence-corrected chi connectivity index (χ3v) is 4.59. The third-order valence-electron chi connectivity index (χ3n) is 4.59. The van der Waals surface area contributed by atoms with E-state index in [0.29, 0.717) is 29.9 Å². The van der Waals surface area contributed by atoms with E-state index in [4.69, 9.17) is 0 Å². The van der Waals surface area contributed by atoms with E-state index in [1.54, 1.807) is 6.07 Å². The molecule has 4 rings (SSSR count). The Hall–Kier alpha value is -3.02. The minimum Gasteiger partial charge on any atom is -0.370 e. The Morgan fingerprint density at radius 2 is 1.93 bits per heavy atom. The first-order valence-corrected chi connectivity index (χ1v) is 8.98. The third kappa shape index (κ3) is 4.05. The van der Waals surface area contributed by atoms with E-state index >= 15 is 0 Å². The van der Waals surface area contributed by atoms with Gasteiger partial charge in [0.15, 0.2) is 0 Å². The monoisotopic (exact) mass is 367 g/mol. The van der Waals surface area contributed by atoms with Crippen molar-refractivity contribution in [3.63, 3.8) is 0 Å². The van der Waals surface area contributed by atoms with Gasteiger partial charge >= 0.3 is 0 Å². The van der Waals surface area contributed by atoms with Gasteiger partial charge in [0, 0.05) is 24.0 Å². The molecule has 0 aliphatic heterocycles. The molecule has 0 unspecified atom stereocenters. The van der Waals surface area contributed by atoms with Crippen LogP contribution in [0, 0.1) is 11.6 Å². The fourth-order valence-corrected chi connectivity index (χ4v) is 2.99. The zero-order chi connectivity index (χ0) is 18.8. The van der Waals surface area contributed by atoms with Crippen LogP contribution in [0.1, 0.15) is 28.8 Å². The Morgan fingerprint density at radius 1 is 1.11 bits per heavy atom. The molecule has 0 bridgehead atoms. The van der Waals surface area contributed by atoms with Gasteiger partial charge in [-0.1, -0.05) is 24.3 Å². The van der Waals surface area contributed by atoms with Crippen molar-refractivity contribution in [3.8, 4) is 0 Å². The topological polar surface area (TPSA) is 54.0 Å². The molecule has 27 heavy (non-hydrogen) atoms. The van der Waals surface area contributed by atoms with Crippen LogP contribution in [0.3, 0.4) is 0 Å².